The Hall–Kier alpha value is -2.37. The summed E-state index contributed by atoms with van der Waals surface area (Å²) >= 11 is 0. The molecule has 0 saturated heterocycles. The van der Waals surface area contributed by atoms with E-state index in [1.165, 1.54) is 12.2 Å². The van der Waals surface area contributed by atoms with E-state index in [0.29, 0.717) is 0 Å². The highest BCUT2D eigenvalue weighted by molar-refractivity contribution is 5.69. The number of rotatable bonds is 3. The van der Waals surface area contributed by atoms with Gasteiger partial charge in [-0.25, -0.2) is 4.79 Å². The molecular weight excluding hydrogens is 262 g/mol. The van der Waals surface area contributed by atoms with Crippen molar-refractivity contribution >= 4 is 12.2 Å². The third-order valence-corrected chi connectivity index (χ3v) is 2.17. The molecule has 0 saturated carbocycles. The Kier molecular flexibility index (Phi) is 4.85. The Morgan fingerprint density at radius 3 is 2.30 bits per heavy atom. The van der Waals surface area contributed by atoms with E-state index < -0.39 is 11.7 Å². The molecule has 0 aliphatic rings. The number of alkyl carbamates (subject to hydrolysis) is 1. The van der Waals surface area contributed by atoms with Crippen molar-refractivity contribution in [3.05, 3.63) is 23.8 Å². The van der Waals surface area contributed by atoms with Gasteiger partial charge in [0.1, 0.15) is 22.8 Å². The van der Waals surface area contributed by atoms with Crippen molar-refractivity contribution < 1.29 is 24.9 Å². The molecule has 1 aromatic carbocycles. The molecule has 110 valence electrons. The first-order chi connectivity index (χ1) is 9.19. The van der Waals surface area contributed by atoms with Crippen molar-refractivity contribution in [2.75, 3.05) is 6.54 Å². The number of ether oxygens (including phenoxy) is 1. The molecule has 4 N–H and O–H groups in total. The van der Waals surface area contributed by atoms with Gasteiger partial charge in [-0.05, 0) is 26.8 Å². The van der Waals surface area contributed by atoms with Crippen LogP contribution in [0.5, 0.6) is 17.2 Å². The summed E-state index contributed by atoms with van der Waals surface area (Å²) in [4.78, 5) is 11.3. The number of nitrogens with one attached hydrogen (secondary N) is 1. The van der Waals surface area contributed by atoms with Crippen LogP contribution < -0.4 is 5.32 Å². The number of carbonyl (C=O) groups excluding carboxylic acids is 1. The van der Waals surface area contributed by atoms with Crippen LogP contribution in [0.4, 0.5) is 4.79 Å². The van der Waals surface area contributed by atoms with Crippen molar-refractivity contribution in [2.45, 2.75) is 26.4 Å². The molecule has 6 heteroatoms. The van der Waals surface area contributed by atoms with Gasteiger partial charge in [0.25, 0.3) is 0 Å². The smallest absolute Gasteiger partial charge is 0.407 e. The van der Waals surface area contributed by atoms with Gasteiger partial charge in [-0.1, -0.05) is 6.08 Å². The lowest BCUT2D eigenvalue weighted by molar-refractivity contribution is 0.0534. The molecule has 0 bridgehead atoms. The minimum absolute atomic E-state index is 0.161. The number of benzene rings is 1. The quantitative estimate of drug-likeness (QED) is 0.681. The van der Waals surface area contributed by atoms with Gasteiger partial charge in [-0.2, -0.15) is 0 Å². The van der Waals surface area contributed by atoms with Gasteiger partial charge in [0.15, 0.2) is 0 Å². The third kappa shape index (κ3) is 5.09. The van der Waals surface area contributed by atoms with Gasteiger partial charge in [-0.3, -0.25) is 0 Å². The monoisotopic (exact) mass is 281 g/mol. The highest BCUT2D eigenvalue weighted by Crippen LogP contribution is 2.32. The van der Waals surface area contributed by atoms with E-state index in [0.717, 1.165) is 12.1 Å². The van der Waals surface area contributed by atoms with Crippen LogP contribution >= 0.6 is 0 Å². The topological polar surface area (TPSA) is 99.0 Å². The van der Waals surface area contributed by atoms with E-state index in [1.807, 2.05) is 0 Å². The number of phenols is 3. The van der Waals surface area contributed by atoms with E-state index in [-0.39, 0.29) is 29.4 Å². The molecule has 0 fully saturated rings. The van der Waals surface area contributed by atoms with E-state index >= 15 is 0 Å². The minimum Gasteiger partial charge on any atom is -0.508 e. The van der Waals surface area contributed by atoms with Crippen LogP contribution in [0, 0.1) is 0 Å². The van der Waals surface area contributed by atoms with Gasteiger partial charge in [0.2, 0.25) is 0 Å². The van der Waals surface area contributed by atoms with Crippen molar-refractivity contribution in [1.29, 1.82) is 0 Å². The summed E-state index contributed by atoms with van der Waals surface area (Å²) in [7, 11) is 0. The van der Waals surface area contributed by atoms with E-state index in [2.05, 4.69) is 5.32 Å². The lowest BCUT2D eigenvalue weighted by Crippen LogP contribution is -2.32. The molecule has 0 atom stereocenters. The molecule has 1 amide bonds. The zero-order valence-corrected chi connectivity index (χ0v) is 11.7. The second-order valence-electron chi connectivity index (χ2n) is 5.18. The number of amides is 1. The summed E-state index contributed by atoms with van der Waals surface area (Å²) in [6, 6.07) is 2.22. The Balaban J connectivity index is 2.56. The van der Waals surface area contributed by atoms with Crippen molar-refractivity contribution in [3.8, 4) is 17.2 Å². The average Bonchev–Trinajstić information content (AvgIpc) is 2.23. The average molecular weight is 281 g/mol. The molecule has 0 aromatic heterocycles. The number of carbonyl (C=O) groups is 1. The number of hydrogen-bond donors (Lipinski definition) is 4. The van der Waals surface area contributed by atoms with Gasteiger partial charge in [0.05, 0.1) is 5.56 Å². The molecule has 0 aliphatic heterocycles. The molecule has 20 heavy (non-hydrogen) atoms. The molecule has 0 spiro atoms. The second-order valence-corrected chi connectivity index (χ2v) is 5.18. The zero-order chi connectivity index (χ0) is 15.3. The normalized spacial score (nSPS) is 11.6. The fourth-order valence-corrected chi connectivity index (χ4v) is 1.41. The van der Waals surface area contributed by atoms with Crippen LogP contribution in [0.1, 0.15) is 26.3 Å². The largest absolute Gasteiger partial charge is 0.508 e. The molecule has 0 aliphatic carbocycles. The highest BCUT2D eigenvalue weighted by atomic mass is 16.6. The maximum absolute atomic E-state index is 11.3. The van der Waals surface area contributed by atoms with Gasteiger partial charge in [0, 0.05) is 18.7 Å². The summed E-state index contributed by atoms with van der Waals surface area (Å²) in [5.41, 5.74) is -0.407. The van der Waals surface area contributed by atoms with E-state index in [4.69, 9.17) is 9.84 Å². The van der Waals surface area contributed by atoms with Crippen LogP contribution in [-0.4, -0.2) is 33.6 Å². The fraction of sp³-hybridized carbons (Fsp3) is 0.357. The second kappa shape index (κ2) is 6.18. The van der Waals surface area contributed by atoms with Crippen LogP contribution in [-0.2, 0) is 4.74 Å². The van der Waals surface area contributed by atoms with Gasteiger partial charge >= 0.3 is 6.09 Å². The van der Waals surface area contributed by atoms with Gasteiger partial charge < -0.3 is 25.4 Å². The molecule has 1 aromatic rings. The Morgan fingerprint density at radius 1 is 1.25 bits per heavy atom. The SMILES string of the molecule is CC(C)(C)OC(=O)NCC=Cc1c(O)cc(O)cc1O. The molecule has 0 radical (unpaired) electrons. The first kappa shape index (κ1) is 15.7. The molecular formula is C14H19NO5. The first-order valence-electron chi connectivity index (χ1n) is 6.07. The molecule has 0 unspecified atom stereocenters. The summed E-state index contributed by atoms with van der Waals surface area (Å²) in [6.07, 6.45) is 2.42. The molecule has 0 heterocycles. The van der Waals surface area contributed by atoms with Crippen LogP contribution in [0.2, 0.25) is 0 Å². The lowest BCUT2D eigenvalue weighted by atomic mass is 10.1. The highest BCUT2D eigenvalue weighted by Gasteiger charge is 2.15. The molecule has 1 rings (SSSR count). The van der Waals surface area contributed by atoms with Crippen LogP contribution in [0.3, 0.4) is 0 Å². The van der Waals surface area contributed by atoms with Crippen LogP contribution in [0.15, 0.2) is 18.2 Å². The van der Waals surface area contributed by atoms with Crippen molar-refractivity contribution in [3.63, 3.8) is 0 Å². The third-order valence-electron chi connectivity index (χ3n) is 2.17. The van der Waals surface area contributed by atoms with Crippen molar-refractivity contribution in [1.82, 2.24) is 5.32 Å². The Bertz CT molecular complexity index is 494. The predicted octanol–water partition coefficient (Wildman–Crippen LogP) is 2.34. The predicted molar refractivity (Wildman–Crippen MR) is 74.7 cm³/mol. The Labute approximate surface area is 117 Å². The molecule has 6 nitrogen and oxygen atoms in total. The first-order valence-corrected chi connectivity index (χ1v) is 6.07. The van der Waals surface area contributed by atoms with E-state index in [9.17, 15) is 15.0 Å². The Morgan fingerprint density at radius 2 is 1.80 bits per heavy atom. The standard InChI is InChI=1S/C14H19NO5/c1-14(2,3)20-13(19)15-6-4-5-10-11(17)7-9(16)8-12(10)18/h4-5,7-8,16-18H,6H2,1-3H3,(H,15,19). The van der Waals surface area contributed by atoms with Crippen LogP contribution in [0.25, 0.3) is 6.08 Å². The van der Waals surface area contributed by atoms with E-state index in [1.54, 1.807) is 20.8 Å². The maximum atomic E-state index is 11.3. The summed E-state index contributed by atoms with van der Waals surface area (Å²) in [5, 5.41) is 30.8. The number of hydrogen-bond acceptors (Lipinski definition) is 5. The zero-order valence-electron chi connectivity index (χ0n) is 11.7. The van der Waals surface area contributed by atoms with Crippen molar-refractivity contribution in [2.24, 2.45) is 0 Å². The number of phenolic OH excluding ortho intramolecular Hbond substituents is 3. The minimum atomic E-state index is -0.568. The fourth-order valence-electron chi connectivity index (χ4n) is 1.41. The maximum Gasteiger partial charge on any atom is 0.407 e. The van der Waals surface area contributed by atoms with Gasteiger partial charge in [-0.15, -0.1) is 0 Å². The number of aromatic hydroxyl groups is 3. The summed E-state index contributed by atoms with van der Waals surface area (Å²) in [5.74, 6) is -0.740. The summed E-state index contributed by atoms with van der Waals surface area (Å²) < 4.78 is 5.04. The summed E-state index contributed by atoms with van der Waals surface area (Å²) in [6.45, 7) is 5.45. The lowest BCUT2D eigenvalue weighted by Gasteiger charge is -2.19.